The number of nitrogens with zero attached hydrogens (tertiary/aromatic N) is 3. The molecule has 0 unspecified atom stereocenters. The smallest absolute Gasteiger partial charge is 0.274 e. The molecule has 1 amide bonds. The Kier molecular flexibility index (Phi) is 4.68. The first kappa shape index (κ1) is 13.7. The van der Waals surface area contributed by atoms with Gasteiger partial charge >= 0.3 is 0 Å². The van der Waals surface area contributed by atoms with Crippen molar-refractivity contribution in [1.29, 1.82) is 0 Å². The third-order valence-corrected chi connectivity index (χ3v) is 3.69. The second-order valence-corrected chi connectivity index (χ2v) is 5.00. The number of nitrogens with one attached hydrogen (secondary N) is 1. The minimum atomic E-state index is -0.0866. The molecule has 0 saturated heterocycles. The molecular weight excluding hydrogens is 242 g/mol. The number of aromatic nitrogens is 2. The Hall–Kier alpha value is -1.69. The molecule has 0 aromatic carbocycles. The van der Waals surface area contributed by atoms with Crippen molar-refractivity contribution in [1.82, 2.24) is 14.9 Å². The van der Waals surface area contributed by atoms with Crippen molar-refractivity contribution in [2.45, 2.75) is 44.6 Å². The zero-order valence-corrected chi connectivity index (χ0v) is 11.3. The minimum absolute atomic E-state index is 0.0866. The Morgan fingerprint density at radius 1 is 1.32 bits per heavy atom. The van der Waals surface area contributed by atoms with Crippen molar-refractivity contribution in [3.05, 3.63) is 18.1 Å². The number of rotatable bonds is 3. The van der Waals surface area contributed by atoms with Crippen molar-refractivity contribution < 1.29 is 4.79 Å². The van der Waals surface area contributed by atoms with Crippen LogP contribution in [0.1, 0.15) is 49.0 Å². The summed E-state index contributed by atoms with van der Waals surface area (Å²) in [6.45, 7) is 0. The predicted molar refractivity (Wildman–Crippen MR) is 73.4 cm³/mol. The Labute approximate surface area is 113 Å². The van der Waals surface area contributed by atoms with E-state index >= 15 is 0 Å². The van der Waals surface area contributed by atoms with E-state index in [9.17, 15) is 4.79 Å². The summed E-state index contributed by atoms with van der Waals surface area (Å²) in [6.07, 6.45) is 10.0. The highest BCUT2D eigenvalue weighted by Gasteiger charge is 2.23. The minimum Gasteiger partial charge on any atom is -0.337 e. The Morgan fingerprint density at radius 2 is 2.00 bits per heavy atom. The van der Waals surface area contributed by atoms with E-state index in [1.807, 2.05) is 7.05 Å². The van der Waals surface area contributed by atoms with Gasteiger partial charge in [-0.3, -0.25) is 9.78 Å². The van der Waals surface area contributed by atoms with Gasteiger partial charge in [-0.2, -0.15) is 0 Å². The quantitative estimate of drug-likeness (QED) is 0.491. The van der Waals surface area contributed by atoms with Crippen LogP contribution in [-0.2, 0) is 0 Å². The molecular formula is C13H21N5O. The predicted octanol–water partition coefficient (Wildman–Crippen LogP) is 1.56. The van der Waals surface area contributed by atoms with Gasteiger partial charge in [0.2, 0.25) is 0 Å². The molecule has 1 aliphatic carbocycles. The maximum atomic E-state index is 12.4. The molecule has 0 spiro atoms. The Bertz CT molecular complexity index is 429. The van der Waals surface area contributed by atoms with Crippen LogP contribution in [-0.4, -0.2) is 33.9 Å². The van der Waals surface area contributed by atoms with E-state index in [1.54, 1.807) is 4.90 Å². The number of carbonyl (C=O) groups excluding carboxylic acids is 1. The summed E-state index contributed by atoms with van der Waals surface area (Å²) >= 11 is 0. The molecule has 0 aliphatic heterocycles. The number of hydrogen-bond acceptors (Lipinski definition) is 5. The summed E-state index contributed by atoms with van der Waals surface area (Å²) in [4.78, 5) is 22.3. The first-order valence-electron chi connectivity index (χ1n) is 6.78. The van der Waals surface area contributed by atoms with Crippen LogP contribution in [0.15, 0.2) is 12.4 Å². The van der Waals surface area contributed by atoms with E-state index in [4.69, 9.17) is 5.84 Å². The van der Waals surface area contributed by atoms with E-state index in [-0.39, 0.29) is 5.91 Å². The molecule has 1 saturated carbocycles. The standard InChI is InChI=1S/C13H21N5O/c1-18(10-6-4-2-3-5-7-10)13(19)11-8-15-9-12(16-11)17-14/h8-10H,2-7,14H2,1H3,(H,16,17). The van der Waals surface area contributed by atoms with E-state index in [0.29, 0.717) is 17.6 Å². The monoisotopic (exact) mass is 263 g/mol. The molecule has 1 heterocycles. The average molecular weight is 263 g/mol. The van der Waals surface area contributed by atoms with Crippen LogP contribution in [0.5, 0.6) is 0 Å². The normalized spacial score (nSPS) is 16.7. The third-order valence-electron chi connectivity index (χ3n) is 3.69. The van der Waals surface area contributed by atoms with Crippen LogP contribution in [0.4, 0.5) is 5.82 Å². The molecule has 1 aromatic rings. The maximum Gasteiger partial charge on any atom is 0.274 e. The molecule has 6 heteroatoms. The Morgan fingerprint density at radius 3 is 2.63 bits per heavy atom. The summed E-state index contributed by atoms with van der Waals surface area (Å²) < 4.78 is 0. The van der Waals surface area contributed by atoms with Crippen molar-refractivity contribution in [3.8, 4) is 0 Å². The lowest BCUT2D eigenvalue weighted by Gasteiger charge is -2.26. The number of hydrazine groups is 1. The molecule has 3 N–H and O–H groups in total. The topological polar surface area (TPSA) is 84.1 Å². The van der Waals surface area contributed by atoms with Gasteiger partial charge in [0.15, 0.2) is 5.82 Å². The lowest BCUT2D eigenvalue weighted by atomic mass is 10.1. The van der Waals surface area contributed by atoms with Gasteiger partial charge in [-0.25, -0.2) is 10.8 Å². The molecule has 0 bridgehead atoms. The van der Waals surface area contributed by atoms with Crippen LogP contribution in [0.2, 0.25) is 0 Å². The second kappa shape index (κ2) is 6.47. The van der Waals surface area contributed by atoms with Gasteiger partial charge in [0.05, 0.1) is 12.4 Å². The van der Waals surface area contributed by atoms with Crippen molar-refractivity contribution in [2.75, 3.05) is 12.5 Å². The molecule has 1 aliphatic rings. The van der Waals surface area contributed by atoms with Gasteiger partial charge in [-0.15, -0.1) is 0 Å². The van der Waals surface area contributed by atoms with Gasteiger partial charge in [0.25, 0.3) is 5.91 Å². The highest BCUT2D eigenvalue weighted by Crippen LogP contribution is 2.22. The highest BCUT2D eigenvalue weighted by molar-refractivity contribution is 5.92. The fourth-order valence-electron chi connectivity index (χ4n) is 2.53. The lowest BCUT2D eigenvalue weighted by Crippen LogP contribution is -2.37. The summed E-state index contributed by atoms with van der Waals surface area (Å²) in [5.74, 6) is 5.60. The van der Waals surface area contributed by atoms with E-state index in [1.165, 1.54) is 38.1 Å². The third kappa shape index (κ3) is 3.41. The highest BCUT2D eigenvalue weighted by atomic mass is 16.2. The average Bonchev–Trinajstić information content (AvgIpc) is 2.75. The van der Waals surface area contributed by atoms with Gasteiger partial charge in [0, 0.05) is 13.1 Å². The molecule has 6 nitrogen and oxygen atoms in total. The second-order valence-electron chi connectivity index (χ2n) is 5.00. The van der Waals surface area contributed by atoms with Crippen molar-refractivity contribution >= 4 is 11.7 Å². The summed E-state index contributed by atoms with van der Waals surface area (Å²) in [7, 11) is 1.85. The number of carbonyl (C=O) groups is 1. The first-order chi connectivity index (χ1) is 9.22. The molecule has 0 atom stereocenters. The number of nitrogen functional groups attached to an aromatic ring is 1. The van der Waals surface area contributed by atoms with Crippen LogP contribution in [0.25, 0.3) is 0 Å². The SMILES string of the molecule is CN(C(=O)c1cncc(NN)n1)C1CCCCCC1. The van der Waals surface area contributed by atoms with E-state index in [0.717, 1.165) is 12.8 Å². The van der Waals surface area contributed by atoms with Crippen LogP contribution in [0, 0.1) is 0 Å². The summed E-state index contributed by atoms with van der Waals surface area (Å²) in [5, 5.41) is 0. The molecule has 1 fully saturated rings. The maximum absolute atomic E-state index is 12.4. The van der Waals surface area contributed by atoms with Gasteiger partial charge < -0.3 is 10.3 Å². The number of nitrogens with two attached hydrogens (primary N) is 1. The first-order valence-corrected chi connectivity index (χ1v) is 6.78. The summed E-state index contributed by atoms with van der Waals surface area (Å²) in [5.41, 5.74) is 2.74. The van der Waals surface area contributed by atoms with Crippen LogP contribution < -0.4 is 11.3 Å². The fourth-order valence-corrected chi connectivity index (χ4v) is 2.53. The largest absolute Gasteiger partial charge is 0.337 e. The molecule has 1 aromatic heterocycles. The molecule has 19 heavy (non-hydrogen) atoms. The van der Waals surface area contributed by atoms with Crippen molar-refractivity contribution in [2.24, 2.45) is 5.84 Å². The van der Waals surface area contributed by atoms with Gasteiger partial charge in [-0.05, 0) is 12.8 Å². The Balaban J connectivity index is 2.08. The van der Waals surface area contributed by atoms with E-state index < -0.39 is 0 Å². The molecule has 2 rings (SSSR count). The van der Waals surface area contributed by atoms with Crippen molar-refractivity contribution in [3.63, 3.8) is 0 Å². The number of hydrogen-bond donors (Lipinski definition) is 2. The van der Waals surface area contributed by atoms with E-state index in [2.05, 4.69) is 15.4 Å². The zero-order valence-electron chi connectivity index (χ0n) is 11.3. The van der Waals surface area contributed by atoms with Crippen LogP contribution in [0.3, 0.4) is 0 Å². The summed E-state index contributed by atoms with van der Waals surface area (Å²) in [6, 6.07) is 0.311. The fraction of sp³-hybridized carbons (Fsp3) is 0.615. The van der Waals surface area contributed by atoms with Gasteiger partial charge in [0.1, 0.15) is 5.69 Å². The number of anilines is 1. The van der Waals surface area contributed by atoms with Crippen LogP contribution >= 0.6 is 0 Å². The zero-order chi connectivity index (χ0) is 13.7. The lowest BCUT2D eigenvalue weighted by molar-refractivity contribution is 0.0711. The molecule has 0 radical (unpaired) electrons. The number of amides is 1. The molecule has 104 valence electrons. The van der Waals surface area contributed by atoms with Gasteiger partial charge in [-0.1, -0.05) is 25.7 Å².